The normalized spacial score (nSPS) is 14.7. The number of benzene rings is 2. The Morgan fingerprint density at radius 2 is 1.72 bits per heavy atom. The highest BCUT2D eigenvalue weighted by atomic mass is 16.5. The van der Waals surface area contributed by atoms with Gasteiger partial charge in [0.15, 0.2) is 0 Å². The Hall–Kier alpha value is -2.83. The molecule has 1 saturated carbocycles. The van der Waals surface area contributed by atoms with Crippen LogP contribution in [0.15, 0.2) is 54.6 Å². The molecular formula is C26H33N3O3. The van der Waals surface area contributed by atoms with Crippen molar-refractivity contribution in [3.63, 3.8) is 0 Å². The maximum atomic E-state index is 10.1. The summed E-state index contributed by atoms with van der Waals surface area (Å²) < 4.78 is 13.7. The minimum absolute atomic E-state index is 0.232. The van der Waals surface area contributed by atoms with Gasteiger partial charge < -0.3 is 14.6 Å². The lowest BCUT2D eigenvalue weighted by molar-refractivity contribution is 0.117. The van der Waals surface area contributed by atoms with Crippen molar-refractivity contribution >= 4 is 0 Å². The molecule has 0 radical (unpaired) electrons. The highest BCUT2D eigenvalue weighted by molar-refractivity contribution is 5.46. The number of hydrogen-bond acceptors (Lipinski definition) is 5. The Morgan fingerprint density at radius 1 is 1.03 bits per heavy atom. The lowest BCUT2D eigenvalue weighted by Crippen LogP contribution is -2.32. The molecular weight excluding hydrogens is 402 g/mol. The van der Waals surface area contributed by atoms with E-state index in [1.165, 1.54) is 12.8 Å². The number of ether oxygens (including phenoxy) is 2. The average Bonchev–Trinajstić information content (AvgIpc) is 3.57. The monoisotopic (exact) mass is 435 g/mol. The van der Waals surface area contributed by atoms with Gasteiger partial charge in [0, 0.05) is 19.1 Å². The molecule has 1 aliphatic carbocycles. The van der Waals surface area contributed by atoms with Crippen molar-refractivity contribution in [1.82, 2.24) is 14.7 Å². The van der Waals surface area contributed by atoms with Gasteiger partial charge in [0.25, 0.3) is 0 Å². The van der Waals surface area contributed by atoms with Crippen LogP contribution in [0.3, 0.4) is 0 Å². The van der Waals surface area contributed by atoms with Crippen LogP contribution >= 0.6 is 0 Å². The fourth-order valence-corrected chi connectivity index (χ4v) is 3.99. The van der Waals surface area contributed by atoms with Gasteiger partial charge >= 0.3 is 0 Å². The Bertz CT molecular complexity index is 1010. The Balaban J connectivity index is 1.80. The Kier molecular flexibility index (Phi) is 6.82. The molecule has 1 heterocycles. The quantitative estimate of drug-likeness (QED) is 0.478. The van der Waals surface area contributed by atoms with Crippen LogP contribution in [0.4, 0.5) is 0 Å². The summed E-state index contributed by atoms with van der Waals surface area (Å²) in [6.07, 6.45) is 1.96. The molecule has 32 heavy (non-hydrogen) atoms. The molecule has 0 spiro atoms. The van der Waals surface area contributed by atoms with Gasteiger partial charge in [-0.2, -0.15) is 5.10 Å². The molecule has 1 atom stereocenters. The third-order valence-corrected chi connectivity index (χ3v) is 5.71. The summed E-state index contributed by atoms with van der Waals surface area (Å²) in [6, 6.07) is 18.2. The lowest BCUT2D eigenvalue weighted by Gasteiger charge is -2.24. The third kappa shape index (κ3) is 5.14. The summed E-state index contributed by atoms with van der Waals surface area (Å²) in [5.41, 5.74) is 3.01. The van der Waals surface area contributed by atoms with E-state index in [4.69, 9.17) is 14.6 Å². The topological polar surface area (TPSA) is 59.8 Å². The van der Waals surface area contributed by atoms with Crippen LogP contribution in [0.1, 0.15) is 50.8 Å². The van der Waals surface area contributed by atoms with E-state index in [0.717, 1.165) is 34.3 Å². The van der Waals surface area contributed by atoms with Crippen molar-refractivity contribution in [3.8, 4) is 23.1 Å². The second-order valence-electron chi connectivity index (χ2n) is 8.86. The smallest absolute Gasteiger partial charge is 0.227 e. The summed E-state index contributed by atoms with van der Waals surface area (Å²) in [4.78, 5) is 2.36. The van der Waals surface area contributed by atoms with Crippen LogP contribution in [0.2, 0.25) is 0 Å². The number of aromatic nitrogens is 2. The highest BCUT2D eigenvalue weighted by Gasteiger charge is 2.33. The zero-order valence-electron chi connectivity index (χ0n) is 19.4. The molecule has 6 heteroatoms. The first kappa shape index (κ1) is 22.4. The molecule has 6 nitrogen and oxygen atoms in total. The molecule has 1 fully saturated rings. The van der Waals surface area contributed by atoms with Gasteiger partial charge in [-0.15, -0.1) is 0 Å². The molecule has 1 aromatic heterocycles. The number of hydrogen-bond donors (Lipinski definition) is 1. The molecule has 0 bridgehead atoms. The number of aliphatic hydroxyl groups is 1. The highest BCUT2D eigenvalue weighted by Crippen LogP contribution is 2.37. The van der Waals surface area contributed by atoms with E-state index >= 15 is 0 Å². The summed E-state index contributed by atoms with van der Waals surface area (Å²) >= 11 is 0. The average molecular weight is 436 g/mol. The second-order valence-corrected chi connectivity index (χ2v) is 8.86. The van der Waals surface area contributed by atoms with E-state index in [-0.39, 0.29) is 12.0 Å². The van der Waals surface area contributed by atoms with Crippen LogP contribution in [-0.2, 0) is 6.54 Å². The number of methoxy groups -OCH3 is 1. The van der Waals surface area contributed by atoms with Crippen LogP contribution in [0, 0.1) is 0 Å². The summed E-state index contributed by atoms with van der Waals surface area (Å²) in [7, 11) is 1.66. The molecule has 2 aromatic carbocycles. The number of rotatable bonds is 10. The molecule has 0 saturated heterocycles. The van der Waals surface area contributed by atoms with Crippen molar-refractivity contribution in [2.75, 3.05) is 13.7 Å². The molecule has 0 aliphatic heterocycles. The van der Waals surface area contributed by atoms with Gasteiger partial charge in [-0.1, -0.05) is 32.0 Å². The van der Waals surface area contributed by atoms with Crippen LogP contribution < -0.4 is 9.47 Å². The lowest BCUT2D eigenvalue weighted by atomic mass is 10.1. The number of nitrogens with zero attached hydrogens (tertiary/aromatic N) is 3. The maximum absolute atomic E-state index is 10.1. The summed E-state index contributed by atoms with van der Waals surface area (Å²) in [5, 5.41) is 15.1. The molecule has 0 amide bonds. The van der Waals surface area contributed by atoms with Crippen molar-refractivity contribution < 1.29 is 14.6 Å². The van der Waals surface area contributed by atoms with Gasteiger partial charge in [-0.3, -0.25) is 4.90 Å². The summed E-state index contributed by atoms with van der Waals surface area (Å²) in [5.74, 6) is 2.52. The van der Waals surface area contributed by atoms with E-state index < -0.39 is 0 Å². The van der Waals surface area contributed by atoms with Gasteiger partial charge in [0.05, 0.1) is 30.2 Å². The molecule has 170 valence electrons. The van der Waals surface area contributed by atoms with E-state index in [9.17, 15) is 5.11 Å². The summed E-state index contributed by atoms with van der Waals surface area (Å²) in [6.45, 7) is 7.50. The fourth-order valence-electron chi connectivity index (χ4n) is 3.99. The zero-order chi connectivity index (χ0) is 22.7. The van der Waals surface area contributed by atoms with Crippen molar-refractivity contribution in [2.24, 2.45) is 0 Å². The predicted octanol–water partition coefficient (Wildman–Crippen LogP) is 5.14. The van der Waals surface area contributed by atoms with E-state index in [0.29, 0.717) is 19.1 Å². The maximum Gasteiger partial charge on any atom is 0.227 e. The second kappa shape index (κ2) is 9.76. The molecule has 0 unspecified atom stereocenters. The van der Waals surface area contributed by atoms with Gasteiger partial charge in [-0.05, 0) is 62.1 Å². The minimum Gasteiger partial charge on any atom is -0.497 e. The number of aliphatic hydroxyl groups excluding tert-OH is 1. The SMILES string of the molecule is COc1ccc(-n2nc(C(C)C)c(CN(C[C@H](C)O)C3CC3)c2Oc2ccccc2)cc1. The minimum atomic E-state index is -0.381. The van der Waals surface area contributed by atoms with Crippen LogP contribution in [0.25, 0.3) is 5.69 Å². The largest absolute Gasteiger partial charge is 0.497 e. The van der Waals surface area contributed by atoms with Gasteiger partial charge in [0.2, 0.25) is 5.88 Å². The fraction of sp³-hybridized carbons (Fsp3) is 0.423. The molecule has 4 rings (SSSR count). The third-order valence-electron chi connectivity index (χ3n) is 5.71. The molecule has 1 aliphatic rings. The van der Waals surface area contributed by atoms with E-state index in [1.807, 2.05) is 66.2 Å². The zero-order valence-corrected chi connectivity index (χ0v) is 19.4. The van der Waals surface area contributed by atoms with E-state index in [2.05, 4.69) is 18.7 Å². The molecule has 3 aromatic rings. The Morgan fingerprint density at radius 3 is 2.28 bits per heavy atom. The first-order valence-corrected chi connectivity index (χ1v) is 11.4. The standard InChI is InChI=1S/C26H33N3O3/c1-18(2)25-24(17-28(16-19(3)30)20-10-11-20)26(32-23-8-6-5-7-9-23)29(27-25)21-12-14-22(31-4)15-13-21/h5-9,12-15,18-20,30H,10-11,16-17H2,1-4H3/t19-/m0/s1. The van der Waals surface area contributed by atoms with Crippen molar-refractivity contribution in [2.45, 2.75) is 58.2 Å². The van der Waals surface area contributed by atoms with Gasteiger partial charge in [-0.25, -0.2) is 4.68 Å². The van der Waals surface area contributed by atoms with Crippen molar-refractivity contribution in [3.05, 3.63) is 65.9 Å². The first-order valence-electron chi connectivity index (χ1n) is 11.4. The van der Waals surface area contributed by atoms with Crippen LogP contribution in [0.5, 0.6) is 17.4 Å². The van der Waals surface area contributed by atoms with E-state index in [1.54, 1.807) is 7.11 Å². The number of para-hydroxylation sites is 1. The molecule has 1 N–H and O–H groups in total. The van der Waals surface area contributed by atoms with Crippen molar-refractivity contribution in [1.29, 1.82) is 0 Å². The van der Waals surface area contributed by atoms with Gasteiger partial charge in [0.1, 0.15) is 11.5 Å². The predicted molar refractivity (Wildman–Crippen MR) is 126 cm³/mol. The van der Waals surface area contributed by atoms with Crippen LogP contribution in [-0.4, -0.2) is 45.6 Å². The Labute approximate surface area is 190 Å². The first-order chi connectivity index (χ1) is 15.5.